The Hall–Kier alpha value is -3.85. The number of carbonyl (C=O) groups is 1. The van der Waals surface area contributed by atoms with E-state index in [1.165, 1.54) is 4.57 Å². The van der Waals surface area contributed by atoms with E-state index in [9.17, 15) is 13.6 Å². The number of hydrogen-bond donors (Lipinski definition) is 1. The molecule has 5 rings (SSSR count). The molecule has 0 bridgehead atoms. The number of aliphatic hydroxyl groups excluding tert-OH is 1. The molecule has 1 N–H and O–H groups in total. The van der Waals surface area contributed by atoms with Gasteiger partial charge in [0.15, 0.2) is 5.82 Å². The van der Waals surface area contributed by atoms with Gasteiger partial charge in [-0.3, -0.25) is 4.57 Å². The highest BCUT2D eigenvalue weighted by atomic mass is 19.3. The number of imidazole rings is 1. The van der Waals surface area contributed by atoms with Gasteiger partial charge in [0.2, 0.25) is 17.8 Å². The average molecular weight is 619 g/mol. The molecule has 0 unspecified atom stereocenters. The fourth-order valence-corrected chi connectivity index (χ4v) is 5.24. The van der Waals surface area contributed by atoms with Crippen LogP contribution in [0.1, 0.15) is 52.3 Å². The summed E-state index contributed by atoms with van der Waals surface area (Å²) in [4.78, 5) is 36.5. The van der Waals surface area contributed by atoms with E-state index in [2.05, 4.69) is 9.97 Å². The van der Waals surface area contributed by atoms with E-state index in [0.29, 0.717) is 81.8 Å². The van der Waals surface area contributed by atoms with Crippen LogP contribution >= 0.6 is 0 Å². The van der Waals surface area contributed by atoms with Crippen molar-refractivity contribution < 1.29 is 32.9 Å². The second kappa shape index (κ2) is 13.4. The van der Waals surface area contributed by atoms with Gasteiger partial charge in [-0.25, -0.2) is 18.6 Å². The summed E-state index contributed by atoms with van der Waals surface area (Å²) in [6.07, 6.45) is -1.58. The van der Waals surface area contributed by atoms with E-state index >= 15 is 0 Å². The van der Waals surface area contributed by atoms with Crippen LogP contribution in [0.15, 0.2) is 18.2 Å². The van der Waals surface area contributed by atoms with Gasteiger partial charge in [0.25, 0.3) is 6.43 Å². The van der Waals surface area contributed by atoms with Crippen molar-refractivity contribution in [2.24, 2.45) is 0 Å². The van der Waals surface area contributed by atoms with Crippen LogP contribution in [0.2, 0.25) is 0 Å². The number of ether oxygens (including phenoxy) is 3. The number of benzene rings is 1. The van der Waals surface area contributed by atoms with E-state index in [1.807, 2.05) is 37.6 Å². The Labute approximate surface area is 254 Å². The number of rotatable bonds is 9. The predicted molar refractivity (Wildman–Crippen MR) is 159 cm³/mol. The van der Waals surface area contributed by atoms with Gasteiger partial charge in [0.05, 0.1) is 25.3 Å². The van der Waals surface area contributed by atoms with Crippen LogP contribution in [0.25, 0.3) is 17.0 Å². The molecule has 2 aliphatic rings. The number of para-hydroxylation sites is 1. The number of morpholine rings is 1. The molecule has 1 amide bonds. The molecule has 2 fully saturated rings. The van der Waals surface area contributed by atoms with Crippen LogP contribution in [-0.2, 0) is 9.47 Å². The van der Waals surface area contributed by atoms with Crippen LogP contribution in [0.4, 0.5) is 25.5 Å². The lowest BCUT2D eigenvalue weighted by atomic mass is 10.0. The second-order valence-corrected chi connectivity index (χ2v) is 11.8. The summed E-state index contributed by atoms with van der Waals surface area (Å²) in [5.74, 6) is 0.498. The highest BCUT2D eigenvalue weighted by Crippen LogP contribution is 2.33. The molecule has 0 radical (unpaired) electrons. The second-order valence-electron chi connectivity index (χ2n) is 11.8. The Balaban J connectivity index is 1.50. The maximum atomic E-state index is 14.5. The van der Waals surface area contributed by atoms with Crippen LogP contribution < -0.4 is 14.5 Å². The van der Waals surface area contributed by atoms with Gasteiger partial charge >= 0.3 is 6.09 Å². The number of aromatic nitrogens is 5. The van der Waals surface area contributed by atoms with Gasteiger partial charge in [0, 0.05) is 52.3 Å². The molecule has 13 nitrogen and oxygen atoms in total. The summed E-state index contributed by atoms with van der Waals surface area (Å²) < 4.78 is 47.0. The Morgan fingerprint density at radius 3 is 2.45 bits per heavy atom. The fraction of sp³-hybridized carbons (Fsp3) is 0.621. The Bertz CT molecular complexity index is 1440. The van der Waals surface area contributed by atoms with Gasteiger partial charge < -0.3 is 34.0 Å². The SMILES string of the molecule is CN(c1nc(N2CCOCC2)nc(-n2c(C(F)F)nc3c(OCCCO)cccc32)n1)C1CCN(C(=O)OC(C)(C)C)CC1. The minimum atomic E-state index is -2.92. The quantitative estimate of drug-likeness (QED) is 0.353. The lowest BCUT2D eigenvalue weighted by Crippen LogP contribution is -2.47. The Morgan fingerprint density at radius 1 is 1.09 bits per heavy atom. The molecule has 1 aromatic carbocycles. The van der Waals surface area contributed by atoms with Gasteiger partial charge in [0.1, 0.15) is 16.9 Å². The van der Waals surface area contributed by atoms with E-state index in [0.717, 1.165) is 0 Å². The molecule has 4 heterocycles. The van der Waals surface area contributed by atoms with E-state index < -0.39 is 17.9 Å². The lowest BCUT2D eigenvalue weighted by molar-refractivity contribution is 0.0205. The summed E-state index contributed by atoms with van der Waals surface area (Å²) in [5.41, 5.74) is 0.0293. The van der Waals surface area contributed by atoms with Crippen LogP contribution in [0, 0.1) is 0 Å². The van der Waals surface area contributed by atoms with Crippen molar-refractivity contribution >= 4 is 29.0 Å². The summed E-state index contributed by atoms with van der Waals surface area (Å²) in [5, 5.41) is 9.14. The molecule has 0 atom stereocenters. The van der Waals surface area contributed by atoms with Gasteiger partial charge in [-0.05, 0) is 45.7 Å². The number of alkyl halides is 2. The number of anilines is 2. The largest absolute Gasteiger partial charge is 0.491 e. The first kappa shape index (κ1) is 31.6. The first-order valence-electron chi connectivity index (χ1n) is 14.9. The molecule has 2 saturated heterocycles. The zero-order chi connectivity index (χ0) is 31.4. The zero-order valence-electron chi connectivity index (χ0n) is 25.6. The molecule has 0 spiro atoms. The van der Waals surface area contributed by atoms with Crippen molar-refractivity contribution in [3.05, 3.63) is 24.0 Å². The number of nitrogens with zero attached hydrogens (tertiary/aromatic N) is 8. The molecule has 240 valence electrons. The normalized spacial score (nSPS) is 16.5. The first-order chi connectivity index (χ1) is 21.1. The number of halogens is 2. The maximum absolute atomic E-state index is 14.5. The van der Waals surface area contributed by atoms with Gasteiger partial charge in [-0.15, -0.1) is 0 Å². The van der Waals surface area contributed by atoms with Crippen molar-refractivity contribution in [3.63, 3.8) is 0 Å². The van der Waals surface area contributed by atoms with E-state index in [4.69, 9.17) is 29.3 Å². The highest BCUT2D eigenvalue weighted by Gasteiger charge is 2.31. The number of hydrogen-bond acceptors (Lipinski definition) is 11. The monoisotopic (exact) mass is 618 g/mol. The summed E-state index contributed by atoms with van der Waals surface area (Å²) in [7, 11) is 1.86. The number of fused-ring (bicyclic) bond motifs is 1. The van der Waals surface area contributed by atoms with Crippen molar-refractivity contribution in [3.8, 4) is 11.7 Å². The first-order valence-corrected chi connectivity index (χ1v) is 14.9. The van der Waals surface area contributed by atoms with Crippen molar-refractivity contribution in [1.82, 2.24) is 29.4 Å². The third kappa shape index (κ3) is 7.09. The highest BCUT2D eigenvalue weighted by molar-refractivity contribution is 5.84. The number of likely N-dealkylation sites (tertiary alicyclic amines) is 1. The molecule has 0 aliphatic carbocycles. The predicted octanol–water partition coefficient (Wildman–Crippen LogP) is 3.58. The van der Waals surface area contributed by atoms with Crippen molar-refractivity contribution in [1.29, 1.82) is 0 Å². The smallest absolute Gasteiger partial charge is 0.410 e. The summed E-state index contributed by atoms with van der Waals surface area (Å²) >= 11 is 0. The fourth-order valence-electron chi connectivity index (χ4n) is 5.24. The third-order valence-electron chi connectivity index (χ3n) is 7.50. The van der Waals surface area contributed by atoms with Crippen LogP contribution in [0.5, 0.6) is 5.75 Å². The van der Waals surface area contributed by atoms with Crippen LogP contribution in [-0.4, -0.2) is 112 Å². The van der Waals surface area contributed by atoms with Crippen LogP contribution in [0.3, 0.4) is 0 Å². The molecule has 2 aromatic heterocycles. The van der Waals surface area contributed by atoms with Gasteiger partial charge in [-0.2, -0.15) is 15.0 Å². The Kier molecular flexibility index (Phi) is 9.63. The van der Waals surface area contributed by atoms with Crippen molar-refractivity contribution in [2.45, 2.75) is 58.1 Å². The Morgan fingerprint density at radius 2 is 1.80 bits per heavy atom. The molecule has 0 saturated carbocycles. The number of carbonyl (C=O) groups excluding carboxylic acids is 1. The van der Waals surface area contributed by atoms with Gasteiger partial charge in [-0.1, -0.05) is 6.07 Å². The van der Waals surface area contributed by atoms with Crippen molar-refractivity contribution in [2.75, 3.05) is 69.5 Å². The molecule has 44 heavy (non-hydrogen) atoms. The molecular formula is C29H40F2N8O5. The molecule has 3 aromatic rings. The zero-order valence-corrected chi connectivity index (χ0v) is 25.6. The number of piperidine rings is 1. The molecule has 15 heteroatoms. The lowest BCUT2D eigenvalue weighted by Gasteiger charge is -2.37. The summed E-state index contributed by atoms with van der Waals surface area (Å²) in [6, 6.07) is 5.00. The minimum Gasteiger partial charge on any atom is -0.491 e. The standard InChI is InChI=1S/C29H40F2N8O5/c1-29(2,3)44-28(41)38-11-9-19(10-12-38)36(4)25-33-26(37-13-17-42-18-14-37)35-27(34-25)39-20-7-5-8-21(43-16-6-15-40)22(20)32-24(39)23(30)31/h5,7-8,19,23,40H,6,9-18H2,1-4H3. The number of amides is 1. The topological polar surface area (TPSA) is 131 Å². The number of aliphatic hydroxyl groups is 1. The van der Waals surface area contributed by atoms with E-state index in [-0.39, 0.29) is 36.8 Å². The molecular weight excluding hydrogens is 578 g/mol. The minimum absolute atomic E-state index is 0.0119. The third-order valence-corrected chi connectivity index (χ3v) is 7.50. The maximum Gasteiger partial charge on any atom is 0.410 e. The van der Waals surface area contributed by atoms with E-state index in [1.54, 1.807) is 23.1 Å². The molecule has 2 aliphatic heterocycles. The summed E-state index contributed by atoms with van der Waals surface area (Å²) in [6.45, 7) is 8.71. The average Bonchev–Trinajstić information content (AvgIpc) is 3.41.